The minimum absolute atomic E-state index is 0.276. The van der Waals surface area contributed by atoms with E-state index in [-0.39, 0.29) is 5.54 Å². The fourth-order valence-electron chi connectivity index (χ4n) is 2.66. The van der Waals surface area contributed by atoms with E-state index in [2.05, 4.69) is 10.0 Å². The molecule has 2 heterocycles. The van der Waals surface area contributed by atoms with Crippen LogP contribution in [0.2, 0.25) is 0 Å². The molecule has 1 fully saturated rings. The molecule has 1 saturated heterocycles. The number of aryl methyl sites for hydroxylation is 2. The number of rotatable bonds is 6. The summed E-state index contributed by atoms with van der Waals surface area (Å²) in [5.74, 6) is 0. The SMILES string of the molecule is COCC1(CNS(=O)(=O)c2sc(C)cc2C)CCCN1. The van der Waals surface area contributed by atoms with Crippen LogP contribution < -0.4 is 10.0 Å². The highest BCUT2D eigenvalue weighted by atomic mass is 32.2. The molecular formula is C13H22N2O3S2. The zero-order valence-electron chi connectivity index (χ0n) is 12.2. The van der Waals surface area contributed by atoms with Crippen molar-refractivity contribution < 1.29 is 13.2 Å². The average molecular weight is 318 g/mol. The number of nitrogens with one attached hydrogen (secondary N) is 2. The van der Waals surface area contributed by atoms with Crippen molar-refractivity contribution in [2.24, 2.45) is 0 Å². The van der Waals surface area contributed by atoms with Crippen LogP contribution in [0.25, 0.3) is 0 Å². The molecule has 1 aromatic rings. The van der Waals surface area contributed by atoms with Gasteiger partial charge < -0.3 is 10.1 Å². The van der Waals surface area contributed by atoms with Gasteiger partial charge in [-0.2, -0.15) is 0 Å². The molecule has 1 aliphatic heterocycles. The Hall–Kier alpha value is -0.470. The molecule has 1 atom stereocenters. The quantitative estimate of drug-likeness (QED) is 0.832. The molecule has 1 unspecified atom stereocenters. The Morgan fingerprint density at radius 3 is 2.75 bits per heavy atom. The van der Waals surface area contributed by atoms with Crippen LogP contribution in [0.1, 0.15) is 23.3 Å². The van der Waals surface area contributed by atoms with Crippen molar-refractivity contribution in [3.63, 3.8) is 0 Å². The molecular weight excluding hydrogens is 296 g/mol. The van der Waals surface area contributed by atoms with Gasteiger partial charge in [-0.15, -0.1) is 11.3 Å². The van der Waals surface area contributed by atoms with Crippen LogP contribution in [0.5, 0.6) is 0 Å². The molecule has 1 aliphatic rings. The van der Waals surface area contributed by atoms with E-state index < -0.39 is 10.0 Å². The minimum Gasteiger partial charge on any atom is -0.383 e. The first-order chi connectivity index (χ1) is 9.38. The minimum atomic E-state index is -3.44. The van der Waals surface area contributed by atoms with Gasteiger partial charge in [0.2, 0.25) is 10.0 Å². The Morgan fingerprint density at radius 2 is 2.25 bits per heavy atom. The molecule has 0 saturated carbocycles. The Bertz CT molecular complexity index is 560. The summed E-state index contributed by atoms with van der Waals surface area (Å²) in [6, 6.07) is 1.90. The zero-order chi connectivity index (χ0) is 14.8. The maximum atomic E-state index is 12.4. The van der Waals surface area contributed by atoms with E-state index in [9.17, 15) is 8.42 Å². The highest BCUT2D eigenvalue weighted by Gasteiger charge is 2.35. The second-order valence-corrected chi connectivity index (χ2v) is 8.61. The summed E-state index contributed by atoms with van der Waals surface area (Å²) in [5.41, 5.74) is 0.530. The van der Waals surface area contributed by atoms with Gasteiger partial charge >= 0.3 is 0 Å². The summed E-state index contributed by atoms with van der Waals surface area (Å²) in [6.07, 6.45) is 1.97. The second-order valence-electron chi connectivity index (χ2n) is 5.40. The second kappa shape index (κ2) is 6.11. The van der Waals surface area contributed by atoms with Gasteiger partial charge in [0.25, 0.3) is 0 Å². The molecule has 7 heteroatoms. The van der Waals surface area contributed by atoms with Crippen molar-refractivity contribution in [2.45, 2.75) is 36.4 Å². The molecule has 114 valence electrons. The summed E-state index contributed by atoms with van der Waals surface area (Å²) in [7, 11) is -1.80. The molecule has 0 aliphatic carbocycles. The Labute approximate surface area is 124 Å². The van der Waals surface area contributed by atoms with E-state index >= 15 is 0 Å². The van der Waals surface area contributed by atoms with Crippen molar-refractivity contribution in [2.75, 3.05) is 26.8 Å². The van der Waals surface area contributed by atoms with Crippen LogP contribution in [-0.2, 0) is 14.8 Å². The van der Waals surface area contributed by atoms with Gasteiger partial charge in [0.1, 0.15) is 4.21 Å². The maximum absolute atomic E-state index is 12.4. The van der Waals surface area contributed by atoms with E-state index in [1.54, 1.807) is 7.11 Å². The molecule has 0 amide bonds. The van der Waals surface area contributed by atoms with Crippen molar-refractivity contribution in [3.8, 4) is 0 Å². The summed E-state index contributed by atoms with van der Waals surface area (Å²) >= 11 is 1.31. The number of methoxy groups -OCH3 is 1. The molecule has 0 radical (unpaired) electrons. The summed E-state index contributed by atoms with van der Waals surface area (Å²) in [4.78, 5) is 1.01. The lowest BCUT2D eigenvalue weighted by Gasteiger charge is -2.28. The van der Waals surface area contributed by atoms with Crippen LogP contribution in [0.15, 0.2) is 10.3 Å². The molecule has 5 nitrogen and oxygen atoms in total. The Morgan fingerprint density at radius 1 is 1.50 bits per heavy atom. The van der Waals surface area contributed by atoms with E-state index in [4.69, 9.17) is 4.74 Å². The third kappa shape index (κ3) is 3.40. The predicted octanol–water partition coefficient (Wildman–Crippen LogP) is 1.41. The fraction of sp³-hybridized carbons (Fsp3) is 0.692. The highest BCUT2D eigenvalue weighted by Crippen LogP contribution is 2.26. The molecule has 2 rings (SSSR count). The van der Waals surface area contributed by atoms with E-state index in [1.807, 2.05) is 19.9 Å². The Kier molecular flexibility index (Phi) is 4.86. The standard InChI is InChI=1S/C13H22N2O3S2/c1-10-7-11(2)19-12(10)20(16,17)15-8-13(9-18-3)5-4-6-14-13/h7,14-15H,4-6,8-9H2,1-3H3. The van der Waals surface area contributed by atoms with Gasteiger partial charge in [-0.3, -0.25) is 0 Å². The van der Waals surface area contributed by atoms with Gasteiger partial charge in [-0.25, -0.2) is 13.1 Å². The topological polar surface area (TPSA) is 67.4 Å². The third-order valence-corrected chi connectivity index (χ3v) is 6.78. The zero-order valence-corrected chi connectivity index (χ0v) is 13.8. The summed E-state index contributed by atoms with van der Waals surface area (Å²) in [6.45, 7) is 5.53. The van der Waals surface area contributed by atoms with Gasteiger partial charge in [0.15, 0.2) is 0 Å². The first-order valence-electron chi connectivity index (χ1n) is 6.69. The number of thiophene rings is 1. The highest BCUT2D eigenvalue weighted by molar-refractivity contribution is 7.91. The lowest BCUT2D eigenvalue weighted by Crippen LogP contribution is -2.52. The third-order valence-electron chi connectivity index (χ3n) is 3.59. The van der Waals surface area contributed by atoms with Gasteiger partial charge in [0, 0.05) is 18.5 Å². The normalized spacial score (nSPS) is 23.4. The smallest absolute Gasteiger partial charge is 0.250 e. The number of sulfonamides is 1. The number of hydrogen-bond donors (Lipinski definition) is 2. The van der Waals surface area contributed by atoms with E-state index in [0.717, 1.165) is 29.8 Å². The molecule has 0 bridgehead atoms. The average Bonchev–Trinajstić information content (AvgIpc) is 2.95. The van der Waals surface area contributed by atoms with Gasteiger partial charge in [-0.1, -0.05) is 0 Å². The van der Waals surface area contributed by atoms with Crippen molar-refractivity contribution in [1.82, 2.24) is 10.0 Å². The lowest BCUT2D eigenvalue weighted by atomic mass is 9.99. The largest absolute Gasteiger partial charge is 0.383 e. The van der Waals surface area contributed by atoms with E-state index in [1.165, 1.54) is 11.3 Å². The lowest BCUT2D eigenvalue weighted by molar-refractivity contribution is 0.122. The first kappa shape index (κ1) is 15.9. The number of ether oxygens (including phenoxy) is 1. The van der Waals surface area contributed by atoms with Crippen LogP contribution in [0, 0.1) is 13.8 Å². The molecule has 2 N–H and O–H groups in total. The summed E-state index contributed by atoms with van der Waals surface area (Å²) < 4.78 is 33.2. The molecule has 0 aromatic carbocycles. The van der Waals surface area contributed by atoms with Crippen LogP contribution >= 0.6 is 11.3 Å². The van der Waals surface area contributed by atoms with Gasteiger partial charge in [-0.05, 0) is 44.9 Å². The monoisotopic (exact) mass is 318 g/mol. The molecule has 0 spiro atoms. The number of hydrogen-bond acceptors (Lipinski definition) is 5. The van der Waals surface area contributed by atoms with Crippen LogP contribution in [0.3, 0.4) is 0 Å². The van der Waals surface area contributed by atoms with Crippen LogP contribution in [-0.4, -0.2) is 40.8 Å². The molecule has 20 heavy (non-hydrogen) atoms. The van der Waals surface area contributed by atoms with E-state index in [0.29, 0.717) is 17.4 Å². The first-order valence-corrected chi connectivity index (χ1v) is 8.99. The molecule has 1 aromatic heterocycles. The maximum Gasteiger partial charge on any atom is 0.250 e. The fourth-order valence-corrected chi connectivity index (χ4v) is 5.49. The van der Waals surface area contributed by atoms with Crippen molar-refractivity contribution in [1.29, 1.82) is 0 Å². The predicted molar refractivity (Wildman–Crippen MR) is 80.8 cm³/mol. The van der Waals surface area contributed by atoms with Crippen molar-refractivity contribution in [3.05, 3.63) is 16.5 Å². The van der Waals surface area contributed by atoms with Gasteiger partial charge in [0.05, 0.1) is 12.1 Å². The van der Waals surface area contributed by atoms with Crippen LogP contribution in [0.4, 0.5) is 0 Å². The Balaban J connectivity index is 2.10. The van der Waals surface area contributed by atoms with Crippen molar-refractivity contribution >= 4 is 21.4 Å². The summed E-state index contributed by atoms with van der Waals surface area (Å²) in [5, 5.41) is 3.37.